The van der Waals surface area contributed by atoms with E-state index in [0.29, 0.717) is 12.0 Å². The summed E-state index contributed by atoms with van der Waals surface area (Å²) >= 11 is 0. The number of ketones is 1. The maximum absolute atomic E-state index is 12.0. The molecule has 0 atom stereocenters. The van der Waals surface area contributed by atoms with E-state index in [2.05, 4.69) is 5.10 Å². The van der Waals surface area contributed by atoms with Crippen molar-refractivity contribution >= 4 is 5.78 Å². The van der Waals surface area contributed by atoms with Crippen LogP contribution in [0, 0.1) is 0 Å². The molecule has 0 aliphatic heterocycles. The molecule has 4 heteroatoms. The van der Waals surface area contributed by atoms with Crippen molar-refractivity contribution in [3.05, 3.63) is 47.8 Å². The van der Waals surface area contributed by atoms with Crippen molar-refractivity contribution in [3.8, 4) is 5.75 Å². The Morgan fingerprint density at radius 1 is 1.44 bits per heavy atom. The average Bonchev–Trinajstić information content (AvgIpc) is 2.88. The number of hydrogen-bond donors (Lipinski definition) is 0. The third kappa shape index (κ3) is 2.77. The number of carbonyl (C=O) groups excluding carboxylic acids is 1. The number of aromatic nitrogens is 2. The van der Waals surface area contributed by atoms with Crippen molar-refractivity contribution in [2.24, 2.45) is 0 Å². The largest absolute Gasteiger partial charge is 0.497 e. The highest BCUT2D eigenvalue weighted by atomic mass is 16.5. The van der Waals surface area contributed by atoms with Crippen molar-refractivity contribution in [1.29, 1.82) is 0 Å². The van der Waals surface area contributed by atoms with Crippen LogP contribution in [0.1, 0.15) is 22.8 Å². The van der Waals surface area contributed by atoms with Gasteiger partial charge in [0.2, 0.25) is 0 Å². The topological polar surface area (TPSA) is 44.1 Å². The van der Waals surface area contributed by atoms with Gasteiger partial charge in [0.1, 0.15) is 5.75 Å². The molecule has 1 aromatic carbocycles. The van der Waals surface area contributed by atoms with Crippen molar-refractivity contribution in [2.75, 3.05) is 7.11 Å². The van der Waals surface area contributed by atoms with Crippen molar-refractivity contribution in [2.45, 2.75) is 19.9 Å². The summed E-state index contributed by atoms with van der Waals surface area (Å²) in [5.74, 6) is 0.840. The minimum absolute atomic E-state index is 0.0722. The highest BCUT2D eigenvalue weighted by Crippen LogP contribution is 2.14. The highest BCUT2D eigenvalue weighted by molar-refractivity contribution is 5.97. The van der Waals surface area contributed by atoms with Crippen LogP contribution < -0.4 is 4.74 Å². The first-order chi connectivity index (χ1) is 8.72. The average molecular weight is 244 g/mol. The molecular weight excluding hydrogens is 228 g/mol. The van der Waals surface area contributed by atoms with E-state index < -0.39 is 0 Å². The number of methoxy groups -OCH3 is 1. The molecule has 0 N–H and O–H groups in total. The Kier molecular flexibility index (Phi) is 3.77. The van der Waals surface area contributed by atoms with Gasteiger partial charge < -0.3 is 4.74 Å². The van der Waals surface area contributed by atoms with Crippen LogP contribution in [0.4, 0.5) is 0 Å². The molecule has 2 aromatic rings. The fourth-order valence-electron chi connectivity index (χ4n) is 1.75. The fourth-order valence-corrected chi connectivity index (χ4v) is 1.75. The summed E-state index contributed by atoms with van der Waals surface area (Å²) in [6.45, 7) is 2.76. The predicted octanol–water partition coefficient (Wildman–Crippen LogP) is 2.34. The van der Waals surface area contributed by atoms with Crippen LogP contribution in [0.3, 0.4) is 0 Å². The second-order valence-corrected chi connectivity index (χ2v) is 4.04. The van der Waals surface area contributed by atoms with E-state index in [9.17, 15) is 4.79 Å². The lowest BCUT2D eigenvalue weighted by atomic mass is 10.1. The fraction of sp³-hybridized carbons (Fsp3) is 0.286. The van der Waals surface area contributed by atoms with Gasteiger partial charge in [0.05, 0.1) is 18.9 Å². The lowest BCUT2D eigenvalue weighted by Gasteiger charge is -2.03. The summed E-state index contributed by atoms with van der Waals surface area (Å²) in [5, 5.41) is 4.10. The van der Waals surface area contributed by atoms with E-state index >= 15 is 0 Å². The third-order valence-corrected chi connectivity index (χ3v) is 2.78. The smallest absolute Gasteiger partial charge is 0.170 e. The Bertz CT molecular complexity index is 546. The first-order valence-electron chi connectivity index (χ1n) is 5.91. The van der Waals surface area contributed by atoms with Gasteiger partial charge in [-0.3, -0.25) is 9.48 Å². The SMILES string of the molecule is CCn1cc(C(=O)Cc2cccc(OC)c2)cn1. The number of benzene rings is 1. The van der Waals surface area contributed by atoms with Crippen LogP contribution in [-0.2, 0) is 13.0 Å². The summed E-state index contributed by atoms with van der Waals surface area (Å²) in [5.41, 5.74) is 1.60. The van der Waals surface area contributed by atoms with E-state index in [1.807, 2.05) is 31.2 Å². The Balaban J connectivity index is 2.10. The van der Waals surface area contributed by atoms with Gasteiger partial charge in [-0.15, -0.1) is 0 Å². The van der Waals surface area contributed by atoms with Gasteiger partial charge in [0.25, 0.3) is 0 Å². The number of Topliss-reactive ketones (excluding diaryl/α,β-unsaturated/α-hetero) is 1. The zero-order valence-corrected chi connectivity index (χ0v) is 10.6. The zero-order valence-electron chi connectivity index (χ0n) is 10.6. The summed E-state index contributed by atoms with van der Waals surface area (Å²) in [6.07, 6.45) is 3.76. The number of hydrogen-bond acceptors (Lipinski definition) is 3. The molecule has 0 saturated carbocycles. The van der Waals surface area contributed by atoms with E-state index in [-0.39, 0.29) is 5.78 Å². The summed E-state index contributed by atoms with van der Waals surface area (Å²) in [4.78, 5) is 12.0. The van der Waals surface area contributed by atoms with Gasteiger partial charge in [-0.05, 0) is 24.6 Å². The van der Waals surface area contributed by atoms with Crippen LogP contribution in [0.2, 0.25) is 0 Å². The molecule has 0 amide bonds. The van der Waals surface area contributed by atoms with E-state index in [1.165, 1.54) is 0 Å². The Morgan fingerprint density at radius 3 is 2.94 bits per heavy atom. The molecule has 1 aromatic heterocycles. The molecule has 2 rings (SSSR count). The monoisotopic (exact) mass is 244 g/mol. The summed E-state index contributed by atoms with van der Waals surface area (Å²) < 4.78 is 6.88. The molecule has 0 fully saturated rings. The van der Waals surface area contributed by atoms with Gasteiger partial charge in [0.15, 0.2) is 5.78 Å². The maximum atomic E-state index is 12.0. The highest BCUT2D eigenvalue weighted by Gasteiger charge is 2.09. The molecular formula is C14H16N2O2. The lowest BCUT2D eigenvalue weighted by Crippen LogP contribution is -2.02. The molecule has 0 bridgehead atoms. The van der Waals surface area contributed by atoms with Crippen LogP contribution in [0.15, 0.2) is 36.7 Å². The van der Waals surface area contributed by atoms with Crippen LogP contribution in [0.25, 0.3) is 0 Å². The van der Waals surface area contributed by atoms with Gasteiger partial charge in [0, 0.05) is 19.2 Å². The summed E-state index contributed by atoms with van der Waals surface area (Å²) in [6, 6.07) is 7.55. The second-order valence-electron chi connectivity index (χ2n) is 4.04. The predicted molar refractivity (Wildman–Crippen MR) is 68.9 cm³/mol. The number of ether oxygens (including phenoxy) is 1. The number of aryl methyl sites for hydroxylation is 1. The van der Waals surface area contributed by atoms with E-state index in [4.69, 9.17) is 4.74 Å². The van der Waals surface area contributed by atoms with Crippen LogP contribution in [0.5, 0.6) is 5.75 Å². The number of carbonyl (C=O) groups is 1. The standard InChI is InChI=1S/C14H16N2O2/c1-3-16-10-12(9-15-16)14(17)8-11-5-4-6-13(7-11)18-2/h4-7,9-10H,3,8H2,1-2H3. The molecule has 94 valence electrons. The molecule has 4 nitrogen and oxygen atoms in total. The van der Waals surface area contributed by atoms with Crippen molar-refractivity contribution < 1.29 is 9.53 Å². The molecule has 18 heavy (non-hydrogen) atoms. The molecule has 1 heterocycles. The zero-order chi connectivity index (χ0) is 13.0. The van der Waals surface area contributed by atoms with Gasteiger partial charge >= 0.3 is 0 Å². The number of nitrogens with zero attached hydrogens (tertiary/aromatic N) is 2. The van der Waals surface area contributed by atoms with Gasteiger partial charge in [-0.1, -0.05) is 12.1 Å². The quantitative estimate of drug-likeness (QED) is 0.758. The number of rotatable bonds is 5. The summed E-state index contributed by atoms with van der Waals surface area (Å²) in [7, 11) is 1.62. The van der Waals surface area contributed by atoms with Crippen LogP contribution in [-0.4, -0.2) is 22.7 Å². The van der Waals surface area contributed by atoms with Crippen LogP contribution >= 0.6 is 0 Å². The molecule has 0 saturated heterocycles. The van der Waals surface area contributed by atoms with E-state index in [0.717, 1.165) is 17.9 Å². The third-order valence-electron chi connectivity index (χ3n) is 2.78. The normalized spacial score (nSPS) is 10.3. The Hall–Kier alpha value is -2.10. The molecule has 0 spiro atoms. The Labute approximate surface area is 106 Å². The molecule has 0 aliphatic carbocycles. The molecule has 0 aliphatic rings. The lowest BCUT2D eigenvalue weighted by molar-refractivity contribution is 0.0993. The van der Waals surface area contributed by atoms with Gasteiger partial charge in [-0.25, -0.2) is 0 Å². The van der Waals surface area contributed by atoms with Crippen molar-refractivity contribution in [1.82, 2.24) is 9.78 Å². The molecule has 0 radical (unpaired) electrons. The minimum atomic E-state index is 0.0722. The van der Waals surface area contributed by atoms with Gasteiger partial charge in [-0.2, -0.15) is 5.10 Å². The Morgan fingerprint density at radius 2 is 2.28 bits per heavy atom. The first-order valence-corrected chi connectivity index (χ1v) is 5.91. The molecule has 0 unspecified atom stereocenters. The maximum Gasteiger partial charge on any atom is 0.170 e. The minimum Gasteiger partial charge on any atom is -0.497 e. The second kappa shape index (κ2) is 5.49. The van der Waals surface area contributed by atoms with Crippen molar-refractivity contribution in [3.63, 3.8) is 0 Å². The van der Waals surface area contributed by atoms with E-state index in [1.54, 1.807) is 24.2 Å². The first kappa shape index (κ1) is 12.4.